The molecule has 1 aliphatic carbocycles. The van der Waals surface area contributed by atoms with E-state index in [1.807, 2.05) is 0 Å². The lowest BCUT2D eigenvalue weighted by Crippen LogP contribution is -2.46. The van der Waals surface area contributed by atoms with Gasteiger partial charge in [0, 0.05) is 5.92 Å². The van der Waals surface area contributed by atoms with Gasteiger partial charge in [0.05, 0.1) is 6.10 Å². The van der Waals surface area contributed by atoms with E-state index in [1.165, 1.54) is 31.2 Å². The topological polar surface area (TPSA) is 9.23 Å². The first kappa shape index (κ1) is 15.8. The average Bonchev–Trinajstić information content (AvgIpc) is 2.38. The standard InChI is InChI=1S/C18H30OSi/c1-18(2,3)20(4,5)19-17-14-10-9-13-16(17)15-11-7-6-8-12-15/h6-8,11-12,16-17H,9-10,13-14H2,1-5H3/t16-,17+/m1/s1. The first-order valence-corrected chi connectivity index (χ1v) is 10.9. The molecule has 0 radical (unpaired) electrons. The quantitative estimate of drug-likeness (QED) is 0.645. The molecule has 1 saturated carbocycles. The summed E-state index contributed by atoms with van der Waals surface area (Å²) in [4.78, 5) is 0. The Labute approximate surface area is 125 Å². The molecule has 1 fully saturated rings. The molecule has 0 aliphatic heterocycles. The van der Waals surface area contributed by atoms with Crippen molar-refractivity contribution < 1.29 is 4.43 Å². The van der Waals surface area contributed by atoms with E-state index in [1.54, 1.807) is 0 Å². The second-order valence-corrected chi connectivity index (χ2v) is 12.5. The number of rotatable bonds is 3. The summed E-state index contributed by atoms with van der Waals surface area (Å²) in [5.41, 5.74) is 1.47. The van der Waals surface area contributed by atoms with E-state index >= 15 is 0 Å². The van der Waals surface area contributed by atoms with E-state index in [4.69, 9.17) is 4.43 Å². The molecule has 1 aromatic carbocycles. The van der Waals surface area contributed by atoms with E-state index in [0.29, 0.717) is 17.1 Å². The SMILES string of the molecule is CC(C)(C)[Si](C)(C)O[C@H]1CCCC[C@@H]1c1ccccc1. The third-order valence-corrected chi connectivity index (χ3v) is 9.69. The van der Waals surface area contributed by atoms with Crippen LogP contribution >= 0.6 is 0 Å². The maximum Gasteiger partial charge on any atom is 0.192 e. The summed E-state index contributed by atoms with van der Waals surface area (Å²) in [5.74, 6) is 0.596. The number of benzene rings is 1. The number of hydrogen-bond acceptors (Lipinski definition) is 1. The van der Waals surface area contributed by atoms with Gasteiger partial charge in [-0.15, -0.1) is 0 Å². The molecule has 1 nitrogen and oxygen atoms in total. The van der Waals surface area contributed by atoms with Gasteiger partial charge in [-0.3, -0.25) is 0 Å². The fraction of sp³-hybridized carbons (Fsp3) is 0.667. The van der Waals surface area contributed by atoms with Gasteiger partial charge in [0.15, 0.2) is 8.32 Å². The van der Waals surface area contributed by atoms with Gasteiger partial charge in [-0.1, -0.05) is 63.9 Å². The fourth-order valence-corrected chi connectivity index (χ4v) is 4.27. The Kier molecular flexibility index (Phi) is 4.75. The molecule has 0 N–H and O–H groups in total. The van der Waals surface area contributed by atoms with Crippen molar-refractivity contribution >= 4 is 8.32 Å². The predicted octanol–water partition coefficient (Wildman–Crippen LogP) is 5.73. The van der Waals surface area contributed by atoms with Crippen molar-refractivity contribution in [3.05, 3.63) is 35.9 Å². The van der Waals surface area contributed by atoms with Crippen molar-refractivity contribution in [2.45, 2.75) is 76.6 Å². The van der Waals surface area contributed by atoms with E-state index < -0.39 is 8.32 Å². The summed E-state index contributed by atoms with van der Waals surface area (Å²) in [6.45, 7) is 11.8. The van der Waals surface area contributed by atoms with Crippen LogP contribution in [0.2, 0.25) is 18.1 Å². The van der Waals surface area contributed by atoms with Gasteiger partial charge >= 0.3 is 0 Å². The lowest BCUT2D eigenvalue weighted by atomic mass is 9.82. The molecule has 0 heterocycles. The minimum Gasteiger partial charge on any atom is -0.413 e. The summed E-state index contributed by atoms with van der Waals surface area (Å²) >= 11 is 0. The average molecular weight is 291 g/mol. The molecular formula is C18H30OSi. The van der Waals surface area contributed by atoms with Gasteiger partial charge < -0.3 is 4.43 Å². The van der Waals surface area contributed by atoms with E-state index in [2.05, 4.69) is 64.2 Å². The first-order chi connectivity index (χ1) is 9.31. The molecule has 20 heavy (non-hydrogen) atoms. The zero-order valence-electron chi connectivity index (χ0n) is 13.8. The molecule has 0 spiro atoms. The summed E-state index contributed by atoms with van der Waals surface area (Å²) in [5, 5.41) is 0.297. The Hall–Kier alpha value is -0.603. The molecule has 0 unspecified atom stereocenters. The monoisotopic (exact) mass is 290 g/mol. The van der Waals surface area contributed by atoms with E-state index in [9.17, 15) is 0 Å². The highest BCUT2D eigenvalue weighted by Crippen LogP contribution is 2.42. The normalized spacial score (nSPS) is 24.6. The Bertz CT molecular complexity index is 419. The third-order valence-electron chi connectivity index (χ3n) is 5.18. The Morgan fingerprint density at radius 2 is 1.60 bits per heavy atom. The van der Waals surface area contributed by atoms with Crippen molar-refractivity contribution in [3.63, 3.8) is 0 Å². The summed E-state index contributed by atoms with van der Waals surface area (Å²) in [7, 11) is -1.67. The molecule has 2 rings (SSSR count). The zero-order valence-corrected chi connectivity index (χ0v) is 14.8. The van der Waals surface area contributed by atoms with Crippen LogP contribution in [0.3, 0.4) is 0 Å². The molecule has 0 amide bonds. The second-order valence-electron chi connectivity index (χ2n) is 7.72. The second kappa shape index (κ2) is 6.03. The molecule has 0 saturated heterocycles. The first-order valence-electron chi connectivity index (χ1n) is 8.04. The summed E-state index contributed by atoms with van der Waals surface area (Å²) in [6, 6.07) is 11.0. The Morgan fingerprint density at radius 3 is 2.20 bits per heavy atom. The lowest BCUT2D eigenvalue weighted by molar-refractivity contribution is 0.114. The van der Waals surface area contributed by atoms with Crippen LogP contribution in [0, 0.1) is 0 Å². The van der Waals surface area contributed by atoms with Gasteiger partial charge in [-0.25, -0.2) is 0 Å². The molecule has 2 heteroatoms. The van der Waals surface area contributed by atoms with Crippen LogP contribution in [-0.2, 0) is 4.43 Å². The highest BCUT2D eigenvalue weighted by atomic mass is 28.4. The lowest BCUT2D eigenvalue weighted by Gasteiger charge is -2.43. The number of hydrogen-bond donors (Lipinski definition) is 0. The molecule has 1 aliphatic rings. The van der Waals surface area contributed by atoms with Crippen molar-refractivity contribution in [1.29, 1.82) is 0 Å². The zero-order chi connectivity index (χ0) is 14.8. The molecule has 0 bridgehead atoms. The van der Waals surface area contributed by atoms with Crippen LogP contribution in [0.25, 0.3) is 0 Å². The maximum atomic E-state index is 6.75. The molecule has 112 valence electrons. The van der Waals surface area contributed by atoms with Crippen molar-refractivity contribution in [1.82, 2.24) is 0 Å². The molecular weight excluding hydrogens is 260 g/mol. The fourth-order valence-electron chi connectivity index (χ4n) is 2.87. The Morgan fingerprint density at radius 1 is 1.00 bits per heavy atom. The van der Waals surface area contributed by atoms with Crippen LogP contribution in [-0.4, -0.2) is 14.4 Å². The van der Waals surface area contributed by atoms with Crippen molar-refractivity contribution in [3.8, 4) is 0 Å². The predicted molar refractivity (Wildman–Crippen MR) is 89.7 cm³/mol. The summed E-state index contributed by atoms with van der Waals surface area (Å²) in [6.07, 6.45) is 5.60. The van der Waals surface area contributed by atoms with E-state index in [-0.39, 0.29) is 0 Å². The van der Waals surface area contributed by atoms with Crippen LogP contribution in [0.15, 0.2) is 30.3 Å². The largest absolute Gasteiger partial charge is 0.413 e. The molecule has 0 aromatic heterocycles. The third kappa shape index (κ3) is 3.53. The van der Waals surface area contributed by atoms with Crippen LogP contribution in [0.4, 0.5) is 0 Å². The Balaban J connectivity index is 2.16. The minimum atomic E-state index is -1.67. The van der Waals surface area contributed by atoms with Crippen molar-refractivity contribution in [2.24, 2.45) is 0 Å². The van der Waals surface area contributed by atoms with E-state index in [0.717, 1.165) is 0 Å². The highest BCUT2D eigenvalue weighted by Gasteiger charge is 2.41. The van der Waals surface area contributed by atoms with Crippen molar-refractivity contribution in [2.75, 3.05) is 0 Å². The van der Waals surface area contributed by atoms with Gasteiger partial charge in [0.1, 0.15) is 0 Å². The van der Waals surface area contributed by atoms with Gasteiger partial charge in [0.25, 0.3) is 0 Å². The molecule has 1 aromatic rings. The van der Waals surface area contributed by atoms with Gasteiger partial charge in [-0.2, -0.15) is 0 Å². The van der Waals surface area contributed by atoms with Crippen LogP contribution in [0.5, 0.6) is 0 Å². The van der Waals surface area contributed by atoms with Gasteiger partial charge in [-0.05, 0) is 36.5 Å². The van der Waals surface area contributed by atoms with Crippen LogP contribution in [0.1, 0.15) is 57.9 Å². The highest BCUT2D eigenvalue weighted by molar-refractivity contribution is 6.74. The smallest absolute Gasteiger partial charge is 0.192 e. The minimum absolute atomic E-state index is 0.297. The van der Waals surface area contributed by atoms with Gasteiger partial charge in [0.2, 0.25) is 0 Å². The van der Waals surface area contributed by atoms with Crippen LogP contribution < -0.4 is 0 Å². The maximum absolute atomic E-state index is 6.75. The summed E-state index contributed by atoms with van der Waals surface area (Å²) < 4.78 is 6.75. The molecule has 2 atom stereocenters.